The summed E-state index contributed by atoms with van der Waals surface area (Å²) in [4.78, 5) is 29.3. The molecule has 0 atom stereocenters. The number of nitrogens with zero attached hydrogens (tertiary/aromatic N) is 3. The van der Waals surface area contributed by atoms with Gasteiger partial charge in [0.15, 0.2) is 5.01 Å². The highest BCUT2D eigenvalue weighted by Gasteiger charge is 2.10. The summed E-state index contributed by atoms with van der Waals surface area (Å²) in [5.41, 5.74) is 0.390. The Morgan fingerprint density at radius 1 is 1.40 bits per heavy atom. The number of esters is 1. The third-order valence-corrected chi connectivity index (χ3v) is 5.57. The number of aryl methyl sites for hydroxylation is 1. The third kappa shape index (κ3) is 4.59. The van der Waals surface area contributed by atoms with Crippen LogP contribution >= 0.6 is 34.7 Å². The lowest BCUT2D eigenvalue weighted by molar-refractivity contribution is -0.144. The molecule has 0 radical (unpaired) electrons. The standard InChI is InChI=1S/C16H14ClN3O3S2/c1-10-8-14(21)20-16(18-10)25-13(19-20)9-23-15(22)6-7-24-12-5-3-2-4-11(12)17/h2-5,8H,6-7,9H2,1H3. The molecule has 0 aliphatic rings. The molecule has 0 aliphatic heterocycles. The molecule has 3 rings (SSSR count). The SMILES string of the molecule is Cc1cc(=O)n2nc(COC(=O)CCSc3ccccc3Cl)sc2n1. The van der Waals surface area contributed by atoms with Gasteiger partial charge in [-0.2, -0.15) is 9.61 Å². The second-order valence-electron chi connectivity index (χ2n) is 5.12. The van der Waals surface area contributed by atoms with Gasteiger partial charge in [-0.15, -0.1) is 11.8 Å². The molecule has 25 heavy (non-hydrogen) atoms. The van der Waals surface area contributed by atoms with Crippen molar-refractivity contribution in [1.29, 1.82) is 0 Å². The van der Waals surface area contributed by atoms with Gasteiger partial charge in [0.25, 0.3) is 5.56 Å². The van der Waals surface area contributed by atoms with Crippen LogP contribution < -0.4 is 5.56 Å². The maximum absolute atomic E-state index is 11.9. The molecular weight excluding hydrogens is 382 g/mol. The summed E-state index contributed by atoms with van der Waals surface area (Å²) in [5, 5.41) is 5.32. The van der Waals surface area contributed by atoms with Crippen LogP contribution in [0.25, 0.3) is 4.96 Å². The fourth-order valence-electron chi connectivity index (χ4n) is 2.04. The number of rotatable bonds is 6. The number of hydrogen-bond donors (Lipinski definition) is 0. The zero-order valence-corrected chi connectivity index (χ0v) is 15.7. The first-order chi connectivity index (χ1) is 12.0. The first-order valence-corrected chi connectivity index (χ1v) is 9.60. The number of thioether (sulfide) groups is 1. The molecule has 0 amide bonds. The molecule has 0 bridgehead atoms. The van der Waals surface area contributed by atoms with Gasteiger partial charge in [0.1, 0.15) is 6.61 Å². The van der Waals surface area contributed by atoms with E-state index in [0.29, 0.717) is 26.4 Å². The summed E-state index contributed by atoms with van der Waals surface area (Å²) in [6.45, 7) is 1.78. The lowest BCUT2D eigenvalue weighted by atomic mass is 10.4. The Kier molecular flexibility index (Phi) is 5.72. The number of aromatic nitrogens is 3. The van der Waals surface area contributed by atoms with E-state index in [4.69, 9.17) is 16.3 Å². The zero-order valence-electron chi connectivity index (χ0n) is 13.3. The largest absolute Gasteiger partial charge is 0.458 e. The number of carbonyl (C=O) groups is 1. The van der Waals surface area contributed by atoms with Gasteiger partial charge >= 0.3 is 5.97 Å². The third-order valence-electron chi connectivity index (χ3n) is 3.17. The van der Waals surface area contributed by atoms with Crippen molar-refractivity contribution in [2.75, 3.05) is 5.75 Å². The minimum atomic E-state index is -0.324. The van der Waals surface area contributed by atoms with Gasteiger partial charge < -0.3 is 4.74 Å². The summed E-state index contributed by atoms with van der Waals surface area (Å²) in [6.07, 6.45) is 0.262. The molecule has 0 spiro atoms. The molecule has 0 unspecified atom stereocenters. The van der Waals surface area contributed by atoms with Gasteiger partial charge in [-0.1, -0.05) is 35.1 Å². The van der Waals surface area contributed by atoms with Gasteiger partial charge in [0.2, 0.25) is 4.96 Å². The summed E-state index contributed by atoms with van der Waals surface area (Å²) in [5.74, 6) is 0.248. The van der Waals surface area contributed by atoms with Crippen LogP contribution in [0.5, 0.6) is 0 Å². The Bertz CT molecular complexity index is 971. The van der Waals surface area contributed by atoms with Gasteiger partial charge in [0.05, 0.1) is 11.4 Å². The predicted molar refractivity (Wildman–Crippen MR) is 98.5 cm³/mol. The lowest BCUT2D eigenvalue weighted by Crippen LogP contribution is -2.14. The zero-order chi connectivity index (χ0) is 17.8. The van der Waals surface area contributed by atoms with Crippen molar-refractivity contribution in [3.63, 3.8) is 0 Å². The minimum absolute atomic E-state index is 0.0299. The fourth-order valence-corrected chi connectivity index (χ4v) is 4.07. The quantitative estimate of drug-likeness (QED) is 0.470. The Balaban J connectivity index is 1.51. The molecular formula is C16H14ClN3O3S2. The summed E-state index contributed by atoms with van der Waals surface area (Å²) < 4.78 is 6.43. The van der Waals surface area contributed by atoms with Crippen LogP contribution in [0.3, 0.4) is 0 Å². The topological polar surface area (TPSA) is 73.6 Å². The molecule has 0 fully saturated rings. The molecule has 0 saturated heterocycles. The molecule has 3 aromatic rings. The van der Waals surface area contributed by atoms with Crippen LogP contribution in [0.15, 0.2) is 40.0 Å². The lowest BCUT2D eigenvalue weighted by Gasteiger charge is -2.04. The fraction of sp³-hybridized carbons (Fsp3) is 0.250. The van der Waals surface area contributed by atoms with Crippen molar-refractivity contribution in [1.82, 2.24) is 14.6 Å². The van der Waals surface area contributed by atoms with E-state index in [9.17, 15) is 9.59 Å². The summed E-state index contributed by atoms with van der Waals surface area (Å²) in [7, 11) is 0. The smallest absolute Gasteiger partial charge is 0.307 e. The molecule has 0 aliphatic carbocycles. The maximum Gasteiger partial charge on any atom is 0.307 e. The highest BCUT2D eigenvalue weighted by atomic mass is 35.5. The van der Waals surface area contributed by atoms with Crippen LogP contribution in [0.4, 0.5) is 0 Å². The monoisotopic (exact) mass is 395 g/mol. The highest BCUT2D eigenvalue weighted by Crippen LogP contribution is 2.27. The molecule has 6 nitrogen and oxygen atoms in total. The van der Waals surface area contributed by atoms with E-state index in [1.807, 2.05) is 24.3 Å². The van der Waals surface area contributed by atoms with Gasteiger partial charge in [-0.25, -0.2) is 4.98 Å². The average molecular weight is 396 g/mol. The van der Waals surface area contributed by atoms with Crippen molar-refractivity contribution in [3.05, 3.63) is 56.4 Å². The van der Waals surface area contributed by atoms with Crippen molar-refractivity contribution < 1.29 is 9.53 Å². The van der Waals surface area contributed by atoms with E-state index in [-0.39, 0.29) is 24.6 Å². The highest BCUT2D eigenvalue weighted by molar-refractivity contribution is 7.99. The number of halogens is 1. The van der Waals surface area contributed by atoms with Crippen molar-refractivity contribution in [2.45, 2.75) is 24.8 Å². The van der Waals surface area contributed by atoms with Crippen LogP contribution in [-0.2, 0) is 16.1 Å². The van der Waals surface area contributed by atoms with Gasteiger partial charge in [-0.05, 0) is 19.1 Å². The average Bonchev–Trinajstić information content (AvgIpc) is 2.98. The number of fused-ring (bicyclic) bond motifs is 1. The van der Waals surface area contributed by atoms with E-state index in [0.717, 1.165) is 4.90 Å². The Morgan fingerprint density at radius 3 is 3.00 bits per heavy atom. The predicted octanol–water partition coefficient (Wildman–Crippen LogP) is 3.34. The maximum atomic E-state index is 11.9. The normalized spacial score (nSPS) is 11.0. The van der Waals surface area contributed by atoms with Crippen molar-refractivity contribution in [3.8, 4) is 0 Å². The number of benzene rings is 1. The van der Waals surface area contributed by atoms with Crippen molar-refractivity contribution in [2.24, 2.45) is 0 Å². The Labute approximate surface area is 156 Å². The van der Waals surface area contributed by atoms with Crippen LogP contribution in [0, 0.1) is 6.92 Å². The molecule has 0 N–H and O–H groups in total. The van der Waals surface area contributed by atoms with E-state index < -0.39 is 0 Å². The van der Waals surface area contributed by atoms with Gasteiger partial charge in [-0.3, -0.25) is 9.59 Å². The van der Waals surface area contributed by atoms with E-state index in [1.54, 1.807) is 6.92 Å². The first kappa shape index (κ1) is 17.9. The molecule has 130 valence electrons. The second kappa shape index (κ2) is 7.99. The Morgan fingerprint density at radius 2 is 2.20 bits per heavy atom. The van der Waals surface area contributed by atoms with Crippen LogP contribution in [0.1, 0.15) is 17.1 Å². The van der Waals surface area contributed by atoms with E-state index in [2.05, 4.69) is 10.1 Å². The first-order valence-electron chi connectivity index (χ1n) is 7.42. The summed E-state index contributed by atoms with van der Waals surface area (Å²) >= 11 is 8.80. The van der Waals surface area contributed by atoms with E-state index >= 15 is 0 Å². The molecule has 1 aromatic carbocycles. The van der Waals surface area contributed by atoms with Crippen LogP contribution in [0.2, 0.25) is 5.02 Å². The van der Waals surface area contributed by atoms with Crippen LogP contribution in [-0.4, -0.2) is 26.3 Å². The molecule has 2 heterocycles. The Hall–Kier alpha value is -1.90. The van der Waals surface area contributed by atoms with Crippen molar-refractivity contribution >= 4 is 45.6 Å². The molecule has 2 aromatic heterocycles. The summed E-state index contributed by atoms with van der Waals surface area (Å²) in [6, 6.07) is 8.89. The van der Waals surface area contributed by atoms with Gasteiger partial charge in [0, 0.05) is 22.4 Å². The number of ether oxygens (including phenoxy) is 1. The number of hydrogen-bond acceptors (Lipinski definition) is 7. The molecule has 9 heteroatoms. The molecule has 0 saturated carbocycles. The van der Waals surface area contributed by atoms with E-state index in [1.165, 1.54) is 33.7 Å². The number of carbonyl (C=O) groups excluding carboxylic acids is 1. The minimum Gasteiger partial charge on any atom is -0.458 e. The second-order valence-corrected chi connectivity index (χ2v) is 7.70.